The van der Waals surface area contributed by atoms with Crippen molar-refractivity contribution >= 4 is 29.3 Å². The van der Waals surface area contributed by atoms with Crippen LogP contribution >= 0.6 is 23.3 Å². The van der Waals surface area contributed by atoms with Gasteiger partial charge in [0, 0.05) is 10.8 Å². The Hall–Kier alpha value is -1.40. The van der Waals surface area contributed by atoms with Crippen LogP contribution in [0.4, 0.5) is 0 Å². The van der Waals surface area contributed by atoms with Crippen LogP contribution in [0.5, 0.6) is 0 Å². The summed E-state index contributed by atoms with van der Waals surface area (Å²) in [7, 11) is 0. The molecule has 1 aliphatic carbocycles. The van der Waals surface area contributed by atoms with E-state index in [1.165, 1.54) is 36.1 Å². The van der Waals surface area contributed by atoms with E-state index in [2.05, 4.69) is 9.36 Å². The maximum Gasteiger partial charge on any atom is 0.335 e. The van der Waals surface area contributed by atoms with Gasteiger partial charge in [-0.2, -0.15) is 4.37 Å². The van der Waals surface area contributed by atoms with E-state index in [4.69, 9.17) is 5.11 Å². The number of carbonyl (C=O) groups is 1. The molecule has 1 aromatic carbocycles. The van der Waals surface area contributed by atoms with E-state index in [9.17, 15) is 4.79 Å². The van der Waals surface area contributed by atoms with Crippen LogP contribution in [0.3, 0.4) is 0 Å². The molecule has 19 heavy (non-hydrogen) atoms. The largest absolute Gasteiger partial charge is 0.478 e. The Morgan fingerprint density at radius 1 is 1.47 bits per heavy atom. The fourth-order valence-corrected chi connectivity index (χ4v) is 3.46. The van der Waals surface area contributed by atoms with Crippen molar-refractivity contribution in [1.82, 2.24) is 9.36 Å². The highest BCUT2D eigenvalue weighted by Gasteiger charge is 2.27. The normalized spacial score (nSPS) is 14.6. The first-order valence-corrected chi connectivity index (χ1v) is 7.58. The highest BCUT2D eigenvalue weighted by molar-refractivity contribution is 8.01. The Balaban J connectivity index is 1.81. The van der Waals surface area contributed by atoms with Gasteiger partial charge in [-0.05, 0) is 49.0 Å². The zero-order valence-electron chi connectivity index (χ0n) is 10.3. The summed E-state index contributed by atoms with van der Waals surface area (Å²) in [5.41, 5.74) is 1.12. The molecule has 0 unspecified atom stereocenters. The van der Waals surface area contributed by atoms with E-state index >= 15 is 0 Å². The molecule has 1 heterocycles. The Bertz CT molecular complexity index is 635. The first-order valence-electron chi connectivity index (χ1n) is 5.99. The van der Waals surface area contributed by atoms with Crippen molar-refractivity contribution in [1.29, 1.82) is 0 Å². The molecule has 6 heteroatoms. The van der Waals surface area contributed by atoms with Crippen LogP contribution in [0, 0.1) is 6.92 Å². The maximum atomic E-state index is 11.1. The molecule has 0 radical (unpaired) electrons. The van der Waals surface area contributed by atoms with Gasteiger partial charge in [-0.3, -0.25) is 0 Å². The van der Waals surface area contributed by atoms with Crippen molar-refractivity contribution < 1.29 is 9.90 Å². The second kappa shape index (κ2) is 4.94. The lowest BCUT2D eigenvalue weighted by atomic mass is 10.1. The second-order valence-electron chi connectivity index (χ2n) is 4.58. The van der Waals surface area contributed by atoms with Gasteiger partial charge in [0.2, 0.25) is 0 Å². The number of hydrogen-bond acceptors (Lipinski definition) is 5. The maximum absolute atomic E-state index is 11.1. The predicted molar refractivity (Wildman–Crippen MR) is 74.1 cm³/mol. The Morgan fingerprint density at radius 3 is 2.95 bits per heavy atom. The van der Waals surface area contributed by atoms with E-state index in [1.54, 1.807) is 13.0 Å². The fourth-order valence-electron chi connectivity index (χ4n) is 1.76. The molecule has 1 aromatic heterocycles. The minimum atomic E-state index is -0.893. The van der Waals surface area contributed by atoms with E-state index in [1.807, 2.05) is 12.1 Å². The van der Waals surface area contributed by atoms with E-state index in [-0.39, 0.29) is 0 Å². The quantitative estimate of drug-likeness (QED) is 0.933. The molecule has 2 aromatic rings. The molecular formula is C13H12N2O2S2. The standard InChI is InChI=1S/C13H12N2O2S2/c1-7-2-5-9(6-10(7)12(16)17)18-13-14-11(15-19-13)8-3-4-8/h2,5-6,8H,3-4H2,1H3,(H,16,17). The third kappa shape index (κ3) is 2.79. The van der Waals surface area contributed by atoms with Gasteiger partial charge in [0.05, 0.1) is 5.56 Å². The minimum Gasteiger partial charge on any atom is -0.478 e. The van der Waals surface area contributed by atoms with Crippen molar-refractivity contribution in [2.75, 3.05) is 0 Å². The molecule has 0 saturated heterocycles. The molecule has 1 N–H and O–H groups in total. The summed E-state index contributed by atoms with van der Waals surface area (Å²) in [5.74, 6) is 0.604. The first-order chi connectivity index (χ1) is 9.13. The number of aromatic nitrogens is 2. The smallest absolute Gasteiger partial charge is 0.335 e. The molecule has 0 spiro atoms. The predicted octanol–water partition coefficient (Wildman–Crippen LogP) is 3.57. The molecule has 1 saturated carbocycles. The summed E-state index contributed by atoms with van der Waals surface area (Å²) in [4.78, 5) is 16.5. The number of nitrogens with zero attached hydrogens (tertiary/aromatic N) is 2. The topological polar surface area (TPSA) is 63.1 Å². The number of rotatable bonds is 4. The van der Waals surface area contributed by atoms with E-state index in [0.717, 1.165) is 20.6 Å². The van der Waals surface area contributed by atoms with Crippen LogP contribution in [0.15, 0.2) is 27.4 Å². The summed E-state index contributed by atoms with van der Waals surface area (Å²) in [6, 6.07) is 5.44. The highest BCUT2D eigenvalue weighted by atomic mass is 32.2. The first kappa shape index (κ1) is 12.6. The highest BCUT2D eigenvalue weighted by Crippen LogP contribution is 2.40. The lowest BCUT2D eigenvalue weighted by Gasteiger charge is -2.03. The van der Waals surface area contributed by atoms with E-state index in [0.29, 0.717) is 11.5 Å². The lowest BCUT2D eigenvalue weighted by molar-refractivity contribution is 0.0696. The molecule has 98 valence electrons. The van der Waals surface area contributed by atoms with Crippen molar-refractivity contribution in [2.45, 2.75) is 34.9 Å². The Kier molecular flexibility index (Phi) is 3.28. The molecule has 0 bridgehead atoms. The lowest BCUT2D eigenvalue weighted by Crippen LogP contribution is -1.99. The van der Waals surface area contributed by atoms with Crippen LogP contribution in [0.25, 0.3) is 0 Å². The van der Waals surface area contributed by atoms with Gasteiger partial charge >= 0.3 is 5.97 Å². The van der Waals surface area contributed by atoms with Crippen LogP contribution in [0.2, 0.25) is 0 Å². The molecule has 3 rings (SSSR count). The number of aryl methyl sites for hydroxylation is 1. The molecule has 4 nitrogen and oxygen atoms in total. The molecule has 1 fully saturated rings. The minimum absolute atomic E-state index is 0.344. The summed E-state index contributed by atoms with van der Waals surface area (Å²) in [6.07, 6.45) is 2.38. The van der Waals surface area contributed by atoms with E-state index < -0.39 is 5.97 Å². The van der Waals surface area contributed by atoms with Crippen molar-refractivity contribution in [3.63, 3.8) is 0 Å². The molecule has 0 atom stereocenters. The zero-order valence-corrected chi connectivity index (χ0v) is 11.9. The van der Waals surface area contributed by atoms with Crippen molar-refractivity contribution in [2.24, 2.45) is 0 Å². The number of carboxylic acids is 1. The number of benzene rings is 1. The number of carboxylic acid groups (broad SMARTS) is 1. The van der Waals surface area contributed by atoms with Gasteiger partial charge in [-0.15, -0.1) is 0 Å². The Labute approximate surface area is 119 Å². The van der Waals surface area contributed by atoms with Crippen molar-refractivity contribution in [3.05, 3.63) is 35.2 Å². The van der Waals surface area contributed by atoms with Crippen LogP contribution < -0.4 is 0 Å². The number of aromatic carboxylic acids is 1. The fraction of sp³-hybridized carbons (Fsp3) is 0.308. The molecule has 0 aliphatic heterocycles. The molecule has 1 aliphatic rings. The summed E-state index contributed by atoms with van der Waals surface area (Å²) in [6.45, 7) is 1.80. The average molecular weight is 292 g/mol. The number of hydrogen-bond donors (Lipinski definition) is 1. The SMILES string of the molecule is Cc1ccc(Sc2nc(C3CC3)ns2)cc1C(=O)O. The molecule has 0 amide bonds. The third-order valence-corrected chi connectivity index (χ3v) is 4.77. The third-order valence-electron chi connectivity index (χ3n) is 3.01. The van der Waals surface area contributed by atoms with Crippen LogP contribution in [0.1, 0.15) is 40.5 Å². The summed E-state index contributed by atoms with van der Waals surface area (Å²) in [5, 5.41) is 9.11. The van der Waals surface area contributed by atoms with Crippen LogP contribution in [-0.4, -0.2) is 20.4 Å². The van der Waals surface area contributed by atoms with Crippen molar-refractivity contribution in [3.8, 4) is 0 Å². The second-order valence-corrected chi connectivity index (χ2v) is 6.65. The summed E-state index contributed by atoms with van der Waals surface area (Å²) >= 11 is 2.86. The Morgan fingerprint density at radius 2 is 2.26 bits per heavy atom. The summed E-state index contributed by atoms with van der Waals surface area (Å²) < 4.78 is 5.22. The van der Waals surface area contributed by atoms with Gasteiger partial charge in [0.15, 0.2) is 4.34 Å². The molecular weight excluding hydrogens is 280 g/mol. The van der Waals surface area contributed by atoms with Gasteiger partial charge in [0.1, 0.15) is 5.82 Å². The van der Waals surface area contributed by atoms with Crippen LogP contribution in [-0.2, 0) is 0 Å². The van der Waals surface area contributed by atoms with Gasteiger partial charge in [0.25, 0.3) is 0 Å². The van der Waals surface area contributed by atoms with Gasteiger partial charge in [-0.1, -0.05) is 17.8 Å². The van der Waals surface area contributed by atoms with Gasteiger partial charge in [-0.25, -0.2) is 9.78 Å². The zero-order chi connectivity index (χ0) is 13.4. The monoisotopic (exact) mass is 292 g/mol. The average Bonchev–Trinajstić information content (AvgIpc) is 3.12. The van der Waals surface area contributed by atoms with Gasteiger partial charge < -0.3 is 5.11 Å².